The molecule has 2 atom stereocenters. The summed E-state index contributed by atoms with van der Waals surface area (Å²) >= 11 is 0. The molecule has 5 heteroatoms. The molecule has 0 amide bonds. The number of benzene rings is 1. The topological polar surface area (TPSA) is 50.5 Å². The predicted molar refractivity (Wildman–Crippen MR) is 74.5 cm³/mol. The lowest BCUT2D eigenvalue weighted by atomic mass is 10.1. The number of aliphatic hydroxyl groups is 1. The minimum Gasteiger partial charge on any atom is -0.392 e. The van der Waals surface area contributed by atoms with Crippen LogP contribution in [0.15, 0.2) is 18.2 Å². The molecule has 1 heterocycles. The Morgan fingerprint density at radius 1 is 1.50 bits per heavy atom. The van der Waals surface area contributed by atoms with Gasteiger partial charge < -0.3 is 10.0 Å². The maximum absolute atomic E-state index is 13.3. The smallest absolute Gasteiger partial charge is 0.140 e. The number of nitrogens with zero attached hydrogens (tertiary/aromatic N) is 3. The molecule has 1 aromatic rings. The molecule has 0 saturated carbocycles. The van der Waals surface area contributed by atoms with Crippen LogP contribution in [0.5, 0.6) is 0 Å². The first-order chi connectivity index (χ1) is 9.49. The first kappa shape index (κ1) is 14.9. The maximum Gasteiger partial charge on any atom is 0.140 e. The second kappa shape index (κ2) is 6.31. The molecule has 1 aliphatic rings. The molecule has 0 aromatic heterocycles. The molecule has 2 unspecified atom stereocenters. The molecular formula is C15H20FN3O. The molecule has 108 valence electrons. The Balaban J connectivity index is 2.10. The summed E-state index contributed by atoms with van der Waals surface area (Å²) in [5, 5.41) is 18.7. The second-order valence-corrected chi connectivity index (χ2v) is 5.66. The molecule has 2 rings (SSSR count). The number of halogens is 1. The number of β-amino-alcohol motifs (C(OH)–C–C–N with tert-alkyl or cyclic N) is 1. The van der Waals surface area contributed by atoms with E-state index in [1.165, 1.54) is 6.07 Å². The van der Waals surface area contributed by atoms with E-state index in [0.29, 0.717) is 13.1 Å². The number of rotatable bonds is 4. The lowest BCUT2D eigenvalue weighted by molar-refractivity contribution is 0.169. The van der Waals surface area contributed by atoms with Gasteiger partial charge in [-0.1, -0.05) is 6.07 Å². The van der Waals surface area contributed by atoms with Crippen LogP contribution in [-0.4, -0.2) is 54.2 Å². The normalized spacial score (nSPS) is 23.2. The third kappa shape index (κ3) is 3.54. The molecule has 1 N–H and O–H groups in total. The standard InChI is InChI=1S/C15H20FN3O/c1-18(2)9-13-6-14(20)10-19(13)8-11-3-4-15(16)12(5-11)7-17/h3-5,13-14,20H,6,8-10H2,1-2H3. The van der Waals surface area contributed by atoms with Crippen LogP contribution >= 0.6 is 0 Å². The van der Waals surface area contributed by atoms with E-state index in [-0.39, 0.29) is 17.7 Å². The highest BCUT2D eigenvalue weighted by atomic mass is 19.1. The minimum absolute atomic E-state index is 0.0754. The number of aliphatic hydroxyl groups excluding tert-OH is 1. The van der Waals surface area contributed by atoms with Gasteiger partial charge in [-0.3, -0.25) is 4.90 Å². The Kier molecular flexibility index (Phi) is 4.71. The van der Waals surface area contributed by atoms with E-state index in [2.05, 4.69) is 9.80 Å². The average Bonchev–Trinajstić information content (AvgIpc) is 2.71. The van der Waals surface area contributed by atoms with Gasteiger partial charge in [-0.15, -0.1) is 0 Å². The van der Waals surface area contributed by atoms with Gasteiger partial charge in [0.1, 0.15) is 11.9 Å². The van der Waals surface area contributed by atoms with E-state index >= 15 is 0 Å². The molecule has 0 spiro atoms. The van der Waals surface area contributed by atoms with Crippen molar-refractivity contribution in [1.82, 2.24) is 9.80 Å². The van der Waals surface area contributed by atoms with Crippen LogP contribution in [0.1, 0.15) is 17.5 Å². The fourth-order valence-electron chi connectivity index (χ4n) is 2.75. The third-order valence-electron chi connectivity index (χ3n) is 3.62. The summed E-state index contributed by atoms with van der Waals surface area (Å²) in [7, 11) is 4.02. The van der Waals surface area contributed by atoms with Gasteiger partial charge >= 0.3 is 0 Å². The second-order valence-electron chi connectivity index (χ2n) is 5.66. The predicted octanol–water partition coefficient (Wildman–Crippen LogP) is 1.19. The van der Waals surface area contributed by atoms with Crippen molar-refractivity contribution in [3.63, 3.8) is 0 Å². The summed E-state index contributed by atoms with van der Waals surface area (Å²) in [6, 6.07) is 6.78. The van der Waals surface area contributed by atoms with Crippen molar-refractivity contribution in [2.45, 2.75) is 25.1 Å². The van der Waals surface area contributed by atoms with Crippen LogP contribution in [0.2, 0.25) is 0 Å². The van der Waals surface area contributed by atoms with Crippen LogP contribution in [-0.2, 0) is 6.54 Å². The molecule has 0 bridgehead atoms. The van der Waals surface area contributed by atoms with Crippen molar-refractivity contribution < 1.29 is 9.50 Å². The monoisotopic (exact) mass is 277 g/mol. The molecule has 1 aromatic carbocycles. The zero-order valence-corrected chi connectivity index (χ0v) is 11.9. The van der Waals surface area contributed by atoms with Crippen LogP contribution in [0, 0.1) is 17.1 Å². The molecule has 20 heavy (non-hydrogen) atoms. The van der Waals surface area contributed by atoms with E-state index in [0.717, 1.165) is 18.5 Å². The molecule has 4 nitrogen and oxygen atoms in total. The van der Waals surface area contributed by atoms with Crippen LogP contribution in [0.25, 0.3) is 0 Å². The highest BCUT2D eigenvalue weighted by Crippen LogP contribution is 2.22. The van der Waals surface area contributed by atoms with Crippen LogP contribution in [0.3, 0.4) is 0 Å². The SMILES string of the molecule is CN(C)CC1CC(O)CN1Cc1ccc(F)c(C#N)c1. The van der Waals surface area contributed by atoms with E-state index in [4.69, 9.17) is 5.26 Å². The first-order valence-electron chi connectivity index (χ1n) is 6.75. The Morgan fingerprint density at radius 3 is 2.90 bits per heavy atom. The molecule has 0 radical (unpaired) electrons. The Labute approximate surface area is 119 Å². The van der Waals surface area contributed by atoms with Gasteiger partial charge in [0.05, 0.1) is 11.7 Å². The number of hydrogen-bond acceptors (Lipinski definition) is 4. The number of likely N-dealkylation sites (N-methyl/N-ethyl adjacent to an activating group) is 1. The van der Waals surface area contributed by atoms with E-state index in [9.17, 15) is 9.50 Å². The van der Waals surface area contributed by atoms with Gasteiger partial charge in [-0.05, 0) is 38.2 Å². The number of hydrogen-bond donors (Lipinski definition) is 1. The number of likely N-dealkylation sites (tertiary alicyclic amines) is 1. The largest absolute Gasteiger partial charge is 0.392 e. The highest BCUT2D eigenvalue weighted by molar-refractivity contribution is 5.34. The summed E-state index contributed by atoms with van der Waals surface area (Å²) in [5.74, 6) is -0.484. The summed E-state index contributed by atoms with van der Waals surface area (Å²) in [6.07, 6.45) is 0.445. The van der Waals surface area contributed by atoms with E-state index in [1.807, 2.05) is 20.2 Å². The Hall–Kier alpha value is -1.48. The van der Waals surface area contributed by atoms with E-state index < -0.39 is 5.82 Å². The fraction of sp³-hybridized carbons (Fsp3) is 0.533. The lowest BCUT2D eigenvalue weighted by Gasteiger charge is -2.26. The van der Waals surface area contributed by atoms with Crippen molar-refractivity contribution >= 4 is 0 Å². The summed E-state index contributed by atoms with van der Waals surface area (Å²) in [5.41, 5.74) is 0.979. The van der Waals surface area contributed by atoms with Crippen molar-refractivity contribution in [2.75, 3.05) is 27.2 Å². The van der Waals surface area contributed by atoms with Crippen molar-refractivity contribution in [3.05, 3.63) is 35.1 Å². The van der Waals surface area contributed by atoms with Crippen molar-refractivity contribution in [2.24, 2.45) is 0 Å². The maximum atomic E-state index is 13.3. The van der Waals surface area contributed by atoms with Crippen LogP contribution in [0.4, 0.5) is 4.39 Å². The van der Waals surface area contributed by atoms with Crippen molar-refractivity contribution in [1.29, 1.82) is 5.26 Å². The lowest BCUT2D eigenvalue weighted by Crippen LogP contribution is -2.37. The Morgan fingerprint density at radius 2 is 2.25 bits per heavy atom. The zero-order valence-electron chi connectivity index (χ0n) is 11.9. The summed E-state index contributed by atoms with van der Waals surface area (Å²) < 4.78 is 13.3. The highest BCUT2D eigenvalue weighted by Gasteiger charge is 2.31. The van der Waals surface area contributed by atoms with Gasteiger partial charge in [-0.2, -0.15) is 5.26 Å². The molecule has 1 saturated heterocycles. The Bertz CT molecular complexity index is 512. The van der Waals surface area contributed by atoms with Gasteiger partial charge in [0.25, 0.3) is 0 Å². The van der Waals surface area contributed by atoms with Gasteiger partial charge in [0, 0.05) is 25.7 Å². The minimum atomic E-state index is -0.484. The first-order valence-corrected chi connectivity index (χ1v) is 6.75. The van der Waals surface area contributed by atoms with Gasteiger partial charge in [0.15, 0.2) is 0 Å². The molecule has 1 fully saturated rings. The zero-order chi connectivity index (χ0) is 14.7. The summed E-state index contributed by atoms with van der Waals surface area (Å²) in [6.45, 7) is 2.13. The fourth-order valence-corrected chi connectivity index (χ4v) is 2.75. The van der Waals surface area contributed by atoms with Gasteiger partial charge in [0.2, 0.25) is 0 Å². The quantitative estimate of drug-likeness (QED) is 0.898. The molecule has 1 aliphatic heterocycles. The van der Waals surface area contributed by atoms with E-state index in [1.54, 1.807) is 12.1 Å². The summed E-state index contributed by atoms with van der Waals surface area (Å²) in [4.78, 5) is 4.29. The van der Waals surface area contributed by atoms with Crippen LogP contribution < -0.4 is 0 Å². The third-order valence-corrected chi connectivity index (χ3v) is 3.62. The molecule has 0 aliphatic carbocycles. The molecular weight excluding hydrogens is 257 g/mol. The van der Waals surface area contributed by atoms with Gasteiger partial charge in [-0.25, -0.2) is 4.39 Å². The van der Waals surface area contributed by atoms with Crippen molar-refractivity contribution in [3.8, 4) is 6.07 Å². The number of nitriles is 1. The average molecular weight is 277 g/mol.